The lowest BCUT2D eigenvalue weighted by molar-refractivity contribution is -0.136. The molecule has 126 valence electrons. The molecule has 6 nitrogen and oxygen atoms in total. The standard InChI is InChI=1S/C19H16N2O4/c22-16(20-10-11-25-19(20)13-6-2-1-3-7-13)12-21-17(23)14-8-4-5-9-15(14)18(21)24/h1-9,19H,10-12H2. The van der Waals surface area contributed by atoms with Crippen LogP contribution in [0.3, 0.4) is 0 Å². The van der Waals surface area contributed by atoms with Crippen LogP contribution in [-0.4, -0.2) is 47.2 Å². The number of carbonyl (C=O) groups is 3. The molecule has 2 aliphatic heterocycles. The minimum Gasteiger partial charge on any atom is -0.352 e. The van der Waals surface area contributed by atoms with Gasteiger partial charge in [-0.05, 0) is 12.1 Å². The van der Waals surface area contributed by atoms with Gasteiger partial charge in [-0.15, -0.1) is 0 Å². The largest absolute Gasteiger partial charge is 0.352 e. The van der Waals surface area contributed by atoms with Crippen molar-refractivity contribution in [3.8, 4) is 0 Å². The average Bonchev–Trinajstić information content (AvgIpc) is 3.23. The normalized spacial score (nSPS) is 19.4. The second-order valence-electron chi connectivity index (χ2n) is 5.96. The number of hydrogen-bond donors (Lipinski definition) is 0. The van der Waals surface area contributed by atoms with Gasteiger partial charge in [0.15, 0.2) is 6.23 Å². The summed E-state index contributed by atoms with van der Waals surface area (Å²) >= 11 is 0. The highest BCUT2D eigenvalue weighted by molar-refractivity contribution is 6.22. The second kappa shape index (κ2) is 6.14. The Morgan fingerprint density at radius 2 is 1.56 bits per heavy atom. The molecule has 25 heavy (non-hydrogen) atoms. The summed E-state index contributed by atoms with van der Waals surface area (Å²) in [7, 11) is 0. The van der Waals surface area contributed by atoms with E-state index in [0.717, 1.165) is 10.5 Å². The van der Waals surface area contributed by atoms with E-state index in [9.17, 15) is 14.4 Å². The monoisotopic (exact) mass is 336 g/mol. The first-order valence-corrected chi connectivity index (χ1v) is 8.08. The highest BCUT2D eigenvalue weighted by Gasteiger charge is 2.39. The van der Waals surface area contributed by atoms with E-state index in [1.54, 1.807) is 29.2 Å². The average molecular weight is 336 g/mol. The Hall–Kier alpha value is -2.99. The molecule has 0 spiro atoms. The summed E-state index contributed by atoms with van der Waals surface area (Å²) in [4.78, 5) is 40.1. The van der Waals surface area contributed by atoms with Crippen molar-refractivity contribution < 1.29 is 19.1 Å². The number of ether oxygens (including phenoxy) is 1. The Morgan fingerprint density at radius 1 is 0.960 bits per heavy atom. The lowest BCUT2D eigenvalue weighted by Crippen LogP contribution is -2.42. The molecule has 0 bridgehead atoms. The number of fused-ring (bicyclic) bond motifs is 1. The number of hydrogen-bond acceptors (Lipinski definition) is 4. The maximum Gasteiger partial charge on any atom is 0.262 e. The van der Waals surface area contributed by atoms with Gasteiger partial charge in [-0.1, -0.05) is 42.5 Å². The Bertz CT molecular complexity index is 815. The van der Waals surface area contributed by atoms with Crippen molar-refractivity contribution in [1.82, 2.24) is 9.80 Å². The third-order valence-electron chi connectivity index (χ3n) is 4.47. The zero-order valence-electron chi connectivity index (χ0n) is 13.4. The van der Waals surface area contributed by atoms with Crippen LogP contribution < -0.4 is 0 Å². The molecular weight excluding hydrogens is 320 g/mol. The lowest BCUT2D eigenvalue weighted by Gasteiger charge is -2.25. The summed E-state index contributed by atoms with van der Waals surface area (Å²) in [6.07, 6.45) is -0.483. The van der Waals surface area contributed by atoms with Crippen LogP contribution in [0.5, 0.6) is 0 Å². The molecule has 1 saturated heterocycles. The first-order chi connectivity index (χ1) is 12.2. The van der Waals surface area contributed by atoms with Gasteiger partial charge >= 0.3 is 0 Å². The summed E-state index contributed by atoms with van der Waals surface area (Å²) in [6, 6.07) is 16.0. The number of benzene rings is 2. The van der Waals surface area contributed by atoms with Crippen LogP contribution in [0.25, 0.3) is 0 Å². The Balaban J connectivity index is 1.53. The van der Waals surface area contributed by atoms with Gasteiger partial charge in [0.05, 0.1) is 17.7 Å². The van der Waals surface area contributed by atoms with Gasteiger partial charge in [-0.25, -0.2) is 0 Å². The lowest BCUT2D eigenvalue weighted by atomic mass is 10.1. The predicted octanol–water partition coefficient (Wildman–Crippen LogP) is 1.84. The van der Waals surface area contributed by atoms with E-state index in [-0.39, 0.29) is 12.5 Å². The number of amides is 3. The molecule has 0 radical (unpaired) electrons. The second-order valence-corrected chi connectivity index (χ2v) is 5.96. The van der Waals surface area contributed by atoms with E-state index in [1.807, 2.05) is 30.3 Å². The highest BCUT2D eigenvalue weighted by Crippen LogP contribution is 2.28. The Kier molecular flexibility index (Phi) is 3.82. The van der Waals surface area contributed by atoms with Crippen molar-refractivity contribution in [2.45, 2.75) is 6.23 Å². The zero-order valence-corrected chi connectivity index (χ0v) is 13.4. The molecule has 2 aromatic carbocycles. The Labute approximate surface area is 144 Å². The van der Waals surface area contributed by atoms with Crippen LogP contribution in [0.1, 0.15) is 32.5 Å². The molecule has 2 aliphatic rings. The molecule has 6 heteroatoms. The zero-order chi connectivity index (χ0) is 17.4. The quantitative estimate of drug-likeness (QED) is 0.802. The van der Waals surface area contributed by atoms with Gasteiger partial charge in [0.2, 0.25) is 5.91 Å². The molecule has 1 fully saturated rings. The van der Waals surface area contributed by atoms with Crippen LogP contribution in [0, 0.1) is 0 Å². The van der Waals surface area contributed by atoms with Gasteiger partial charge in [0.1, 0.15) is 6.54 Å². The molecule has 1 unspecified atom stereocenters. The summed E-state index contributed by atoms with van der Waals surface area (Å²) < 4.78 is 5.67. The fourth-order valence-corrected chi connectivity index (χ4v) is 3.23. The number of imide groups is 1. The van der Waals surface area contributed by atoms with Crippen molar-refractivity contribution in [1.29, 1.82) is 0 Å². The van der Waals surface area contributed by atoms with E-state index in [0.29, 0.717) is 24.3 Å². The fourth-order valence-electron chi connectivity index (χ4n) is 3.23. The number of nitrogens with zero attached hydrogens (tertiary/aromatic N) is 2. The molecular formula is C19H16N2O4. The molecule has 2 heterocycles. The van der Waals surface area contributed by atoms with E-state index in [1.165, 1.54) is 0 Å². The summed E-state index contributed by atoms with van der Waals surface area (Å²) in [5.74, 6) is -1.16. The highest BCUT2D eigenvalue weighted by atomic mass is 16.5. The Morgan fingerprint density at radius 3 is 2.20 bits per heavy atom. The molecule has 2 aromatic rings. The molecule has 0 N–H and O–H groups in total. The third-order valence-corrected chi connectivity index (χ3v) is 4.47. The summed E-state index contributed by atoms with van der Waals surface area (Å²) in [5.41, 5.74) is 1.56. The smallest absolute Gasteiger partial charge is 0.262 e. The summed E-state index contributed by atoms with van der Waals surface area (Å²) in [6.45, 7) is 0.577. The van der Waals surface area contributed by atoms with Gasteiger partial charge in [0.25, 0.3) is 11.8 Å². The van der Waals surface area contributed by atoms with Crippen LogP contribution in [0.2, 0.25) is 0 Å². The third kappa shape index (κ3) is 2.60. The fraction of sp³-hybridized carbons (Fsp3) is 0.211. The number of carbonyl (C=O) groups excluding carboxylic acids is 3. The minimum atomic E-state index is -0.483. The van der Waals surface area contributed by atoms with Gasteiger partial charge in [-0.3, -0.25) is 19.3 Å². The van der Waals surface area contributed by atoms with Crippen molar-refractivity contribution in [3.05, 3.63) is 71.3 Å². The SMILES string of the molecule is O=C1c2ccccc2C(=O)N1CC(=O)N1CCOC1c1ccccc1. The van der Waals surface area contributed by atoms with Crippen molar-refractivity contribution in [2.75, 3.05) is 19.7 Å². The van der Waals surface area contributed by atoms with Crippen LogP contribution >= 0.6 is 0 Å². The van der Waals surface area contributed by atoms with Crippen LogP contribution in [-0.2, 0) is 9.53 Å². The van der Waals surface area contributed by atoms with E-state index < -0.39 is 18.0 Å². The minimum absolute atomic E-state index is 0.279. The first-order valence-electron chi connectivity index (χ1n) is 8.08. The van der Waals surface area contributed by atoms with Crippen molar-refractivity contribution >= 4 is 17.7 Å². The van der Waals surface area contributed by atoms with Crippen LogP contribution in [0.4, 0.5) is 0 Å². The van der Waals surface area contributed by atoms with E-state index >= 15 is 0 Å². The van der Waals surface area contributed by atoms with Crippen molar-refractivity contribution in [2.24, 2.45) is 0 Å². The topological polar surface area (TPSA) is 66.9 Å². The summed E-state index contributed by atoms with van der Waals surface area (Å²) in [5, 5.41) is 0. The van der Waals surface area contributed by atoms with Gasteiger partial charge in [-0.2, -0.15) is 0 Å². The molecule has 1 atom stereocenters. The molecule has 3 amide bonds. The molecule has 4 rings (SSSR count). The van der Waals surface area contributed by atoms with Gasteiger partial charge < -0.3 is 9.64 Å². The van der Waals surface area contributed by atoms with E-state index in [2.05, 4.69) is 0 Å². The molecule has 0 saturated carbocycles. The molecule has 0 aliphatic carbocycles. The van der Waals surface area contributed by atoms with Crippen molar-refractivity contribution in [3.63, 3.8) is 0 Å². The first kappa shape index (κ1) is 15.5. The molecule has 0 aromatic heterocycles. The van der Waals surface area contributed by atoms with Gasteiger partial charge in [0, 0.05) is 12.1 Å². The number of rotatable bonds is 3. The maximum absolute atomic E-state index is 12.7. The maximum atomic E-state index is 12.7. The predicted molar refractivity (Wildman–Crippen MR) is 88.7 cm³/mol. The van der Waals surface area contributed by atoms with E-state index in [4.69, 9.17) is 4.74 Å². The van der Waals surface area contributed by atoms with Crippen LogP contribution in [0.15, 0.2) is 54.6 Å².